The highest BCUT2D eigenvalue weighted by molar-refractivity contribution is 14.1. The first-order valence-electron chi connectivity index (χ1n) is 8.48. The van der Waals surface area contributed by atoms with Crippen molar-refractivity contribution in [2.24, 2.45) is 0 Å². The smallest absolute Gasteiger partial charge is 0.260 e. The molecule has 1 aliphatic rings. The molecule has 0 saturated carbocycles. The Hall–Kier alpha value is -3.07. The molecule has 0 spiro atoms. The molecule has 0 saturated heterocycles. The van der Waals surface area contributed by atoms with E-state index in [1.165, 1.54) is 0 Å². The molecular formula is C21H15IN2O4. The summed E-state index contributed by atoms with van der Waals surface area (Å²) < 4.78 is 6.39. The minimum Gasteiger partial charge on any atom is -0.508 e. The molecule has 1 aromatic heterocycles. The Morgan fingerprint density at radius 1 is 1.04 bits per heavy atom. The van der Waals surface area contributed by atoms with E-state index in [1.807, 2.05) is 18.2 Å². The minimum atomic E-state index is -0.450. The van der Waals surface area contributed by atoms with Crippen LogP contribution in [-0.4, -0.2) is 16.9 Å². The van der Waals surface area contributed by atoms with Crippen molar-refractivity contribution in [3.63, 3.8) is 0 Å². The zero-order chi connectivity index (χ0) is 19.7. The molecule has 0 atom stereocenters. The highest BCUT2D eigenvalue weighted by Gasteiger charge is 2.27. The second-order valence-electron chi connectivity index (χ2n) is 6.23. The molecule has 0 radical (unpaired) electrons. The molecule has 0 bridgehead atoms. The monoisotopic (exact) mass is 486 g/mol. The van der Waals surface area contributed by atoms with Crippen molar-refractivity contribution in [3.05, 3.63) is 81.3 Å². The van der Waals surface area contributed by atoms with Gasteiger partial charge in [0, 0.05) is 33.0 Å². The summed E-state index contributed by atoms with van der Waals surface area (Å²) in [7, 11) is 0. The van der Waals surface area contributed by atoms with E-state index in [-0.39, 0.29) is 5.75 Å². The highest BCUT2D eigenvalue weighted by atomic mass is 127. The maximum absolute atomic E-state index is 12.3. The van der Waals surface area contributed by atoms with Crippen LogP contribution in [0.3, 0.4) is 0 Å². The van der Waals surface area contributed by atoms with Crippen LogP contribution < -0.4 is 10.6 Å². The number of hydrogen-bond donors (Lipinski definition) is 3. The Morgan fingerprint density at radius 2 is 1.86 bits per heavy atom. The molecule has 0 unspecified atom stereocenters. The average molecular weight is 486 g/mol. The van der Waals surface area contributed by atoms with E-state index >= 15 is 0 Å². The Kier molecular flexibility index (Phi) is 4.91. The fraction of sp³-hybridized carbons (Fsp3) is 0.0476. The lowest BCUT2D eigenvalue weighted by molar-refractivity contribution is -0.114. The Balaban J connectivity index is 1.64. The molecule has 0 fully saturated rings. The third kappa shape index (κ3) is 3.53. The van der Waals surface area contributed by atoms with Crippen LogP contribution in [0.1, 0.15) is 21.5 Å². The number of benzene rings is 2. The molecule has 140 valence electrons. The summed E-state index contributed by atoms with van der Waals surface area (Å²) in [6.07, 6.45) is 3.18. The summed E-state index contributed by atoms with van der Waals surface area (Å²) in [6.45, 7) is 0.356. The van der Waals surface area contributed by atoms with E-state index < -0.39 is 11.8 Å². The van der Waals surface area contributed by atoms with Crippen molar-refractivity contribution in [2.45, 2.75) is 6.54 Å². The van der Waals surface area contributed by atoms with Crippen LogP contribution in [-0.2, 0) is 11.3 Å². The number of furan rings is 1. The third-order valence-electron chi connectivity index (χ3n) is 4.40. The number of carbonyl (C=O) groups excluding carboxylic acids is 2. The molecule has 3 N–H and O–H groups in total. The summed E-state index contributed by atoms with van der Waals surface area (Å²) in [5.41, 5.74) is 3.08. The van der Waals surface area contributed by atoms with Crippen LogP contribution in [0.5, 0.6) is 5.75 Å². The SMILES string of the molecule is O=C1NC(=O)c2ccc(I)cc2C1=CNCc1cc(O)ccc1-c1ccco1. The number of carbonyl (C=O) groups is 2. The molecule has 2 heterocycles. The Morgan fingerprint density at radius 3 is 2.64 bits per heavy atom. The summed E-state index contributed by atoms with van der Waals surface area (Å²) in [5.74, 6) is -0.0261. The van der Waals surface area contributed by atoms with Gasteiger partial charge in [0.25, 0.3) is 11.8 Å². The van der Waals surface area contributed by atoms with Gasteiger partial charge in [0.1, 0.15) is 11.5 Å². The second-order valence-corrected chi connectivity index (χ2v) is 7.48. The van der Waals surface area contributed by atoms with Gasteiger partial charge < -0.3 is 14.8 Å². The zero-order valence-corrected chi connectivity index (χ0v) is 16.7. The fourth-order valence-electron chi connectivity index (χ4n) is 3.10. The summed E-state index contributed by atoms with van der Waals surface area (Å²) >= 11 is 2.14. The van der Waals surface area contributed by atoms with Crippen molar-refractivity contribution >= 4 is 40.0 Å². The normalized spacial score (nSPS) is 14.7. The Labute approximate surface area is 174 Å². The zero-order valence-electron chi connectivity index (χ0n) is 14.5. The summed E-state index contributed by atoms with van der Waals surface area (Å²) in [6, 6.07) is 14.0. The first-order chi connectivity index (χ1) is 13.5. The predicted molar refractivity (Wildman–Crippen MR) is 112 cm³/mol. The van der Waals surface area contributed by atoms with E-state index in [0.29, 0.717) is 29.0 Å². The van der Waals surface area contributed by atoms with Gasteiger partial charge in [-0.15, -0.1) is 0 Å². The molecule has 28 heavy (non-hydrogen) atoms. The van der Waals surface area contributed by atoms with Crippen LogP contribution in [0, 0.1) is 3.57 Å². The van der Waals surface area contributed by atoms with Gasteiger partial charge >= 0.3 is 0 Å². The molecule has 4 rings (SSSR count). The maximum Gasteiger partial charge on any atom is 0.260 e. The van der Waals surface area contributed by atoms with Crippen LogP contribution in [0.25, 0.3) is 16.9 Å². The number of rotatable bonds is 4. The van der Waals surface area contributed by atoms with Crippen molar-refractivity contribution in [3.8, 4) is 17.1 Å². The molecule has 2 aromatic carbocycles. The Bertz CT molecular complexity index is 1100. The largest absolute Gasteiger partial charge is 0.508 e. The van der Waals surface area contributed by atoms with Gasteiger partial charge in [-0.25, -0.2) is 0 Å². The molecular weight excluding hydrogens is 471 g/mol. The third-order valence-corrected chi connectivity index (χ3v) is 5.07. The number of amides is 2. The topological polar surface area (TPSA) is 91.6 Å². The van der Waals surface area contributed by atoms with E-state index in [9.17, 15) is 14.7 Å². The molecule has 0 aliphatic carbocycles. The maximum atomic E-state index is 12.3. The number of aromatic hydroxyl groups is 1. The van der Waals surface area contributed by atoms with Crippen LogP contribution in [0.4, 0.5) is 0 Å². The minimum absolute atomic E-state index is 0.140. The molecule has 6 nitrogen and oxygen atoms in total. The number of nitrogens with one attached hydrogen (secondary N) is 2. The lowest BCUT2D eigenvalue weighted by atomic mass is 9.95. The van der Waals surface area contributed by atoms with Gasteiger partial charge in [0.2, 0.25) is 0 Å². The van der Waals surface area contributed by atoms with Gasteiger partial charge in [0.05, 0.1) is 11.8 Å². The van der Waals surface area contributed by atoms with Crippen molar-refractivity contribution in [2.75, 3.05) is 0 Å². The quantitative estimate of drug-likeness (QED) is 0.298. The number of hydrogen-bond acceptors (Lipinski definition) is 5. The standard InChI is InChI=1S/C21H15IN2O4/c22-13-3-5-16-17(9-13)18(21(27)24-20(16)26)11-23-10-12-8-14(25)4-6-15(12)19-2-1-7-28-19/h1-9,11,23,25H,10H2,(H,24,26,27). The molecule has 7 heteroatoms. The first kappa shape index (κ1) is 18.3. The predicted octanol–water partition coefficient (Wildman–Crippen LogP) is 3.66. The van der Waals surface area contributed by atoms with E-state index in [4.69, 9.17) is 4.42 Å². The lowest BCUT2D eigenvalue weighted by Gasteiger charge is -2.19. The molecule has 1 aliphatic heterocycles. The molecule has 3 aromatic rings. The van der Waals surface area contributed by atoms with Crippen LogP contribution in [0.15, 0.2) is 65.4 Å². The highest BCUT2D eigenvalue weighted by Crippen LogP contribution is 2.28. The first-order valence-corrected chi connectivity index (χ1v) is 9.56. The van der Waals surface area contributed by atoms with Gasteiger partial charge in [-0.2, -0.15) is 0 Å². The fourth-order valence-corrected chi connectivity index (χ4v) is 3.59. The van der Waals surface area contributed by atoms with Gasteiger partial charge in [-0.1, -0.05) is 0 Å². The number of imide groups is 1. The number of phenols is 1. The molecule has 2 amide bonds. The average Bonchev–Trinajstić information content (AvgIpc) is 3.18. The summed E-state index contributed by atoms with van der Waals surface area (Å²) in [5, 5.41) is 15.3. The summed E-state index contributed by atoms with van der Waals surface area (Å²) in [4.78, 5) is 24.4. The lowest BCUT2D eigenvalue weighted by Crippen LogP contribution is -2.37. The van der Waals surface area contributed by atoms with Crippen LogP contribution in [0.2, 0.25) is 0 Å². The van der Waals surface area contributed by atoms with Crippen molar-refractivity contribution < 1.29 is 19.1 Å². The van der Waals surface area contributed by atoms with Gasteiger partial charge in [-0.3, -0.25) is 14.9 Å². The van der Waals surface area contributed by atoms with Gasteiger partial charge in [-0.05, 0) is 76.7 Å². The van der Waals surface area contributed by atoms with E-state index in [2.05, 4.69) is 33.2 Å². The van der Waals surface area contributed by atoms with Crippen molar-refractivity contribution in [1.29, 1.82) is 0 Å². The van der Waals surface area contributed by atoms with Gasteiger partial charge in [0.15, 0.2) is 0 Å². The van der Waals surface area contributed by atoms with E-state index in [0.717, 1.165) is 14.7 Å². The number of fused-ring (bicyclic) bond motifs is 1. The van der Waals surface area contributed by atoms with E-state index in [1.54, 1.807) is 42.8 Å². The second kappa shape index (κ2) is 7.51. The van der Waals surface area contributed by atoms with Crippen LogP contribution >= 0.6 is 22.6 Å². The number of phenolic OH excluding ortho intramolecular Hbond substituents is 1. The number of halogens is 1. The van der Waals surface area contributed by atoms with Crippen molar-refractivity contribution in [1.82, 2.24) is 10.6 Å².